The summed E-state index contributed by atoms with van der Waals surface area (Å²) in [5.74, 6) is 0.204. The number of rotatable bonds is 3. The summed E-state index contributed by atoms with van der Waals surface area (Å²) in [6.07, 6.45) is 0.627. The predicted molar refractivity (Wildman–Crippen MR) is 68.1 cm³/mol. The second-order valence-corrected chi connectivity index (χ2v) is 4.93. The molecular formula is C13H12O3S. The SMILES string of the molecule is COc1cc(-c2ccc(C)s2)cc(C=O)c1O. The number of carbonyl (C=O) groups is 1. The highest BCUT2D eigenvalue weighted by atomic mass is 32.1. The van der Waals surface area contributed by atoms with E-state index in [2.05, 4.69) is 0 Å². The molecule has 3 nitrogen and oxygen atoms in total. The van der Waals surface area contributed by atoms with Gasteiger partial charge in [0, 0.05) is 9.75 Å². The van der Waals surface area contributed by atoms with Crippen molar-refractivity contribution in [2.45, 2.75) is 6.92 Å². The summed E-state index contributed by atoms with van der Waals surface area (Å²) in [4.78, 5) is 13.1. The van der Waals surface area contributed by atoms with E-state index in [4.69, 9.17) is 4.74 Å². The van der Waals surface area contributed by atoms with Gasteiger partial charge >= 0.3 is 0 Å². The number of benzene rings is 1. The fraction of sp³-hybridized carbons (Fsp3) is 0.154. The summed E-state index contributed by atoms with van der Waals surface area (Å²) in [6.45, 7) is 2.02. The number of aryl methyl sites for hydroxylation is 1. The summed E-state index contributed by atoms with van der Waals surface area (Å²) < 4.78 is 5.05. The summed E-state index contributed by atoms with van der Waals surface area (Å²) >= 11 is 1.63. The molecule has 1 aromatic carbocycles. The molecule has 0 amide bonds. The Kier molecular flexibility index (Phi) is 3.15. The van der Waals surface area contributed by atoms with E-state index in [1.54, 1.807) is 23.5 Å². The topological polar surface area (TPSA) is 46.5 Å². The lowest BCUT2D eigenvalue weighted by molar-refractivity contribution is 0.112. The van der Waals surface area contributed by atoms with E-state index in [0.717, 1.165) is 10.4 Å². The van der Waals surface area contributed by atoms with Gasteiger partial charge in [-0.2, -0.15) is 0 Å². The fourth-order valence-electron chi connectivity index (χ4n) is 1.61. The monoisotopic (exact) mass is 248 g/mol. The first-order chi connectivity index (χ1) is 8.15. The standard InChI is InChI=1S/C13H12O3S/c1-8-3-4-12(17-8)9-5-10(7-14)13(15)11(6-9)16-2/h3-7,15H,1-2H3. The first-order valence-corrected chi connectivity index (χ1v) is 5.90. The van der Waals surface area contributed by atoms with Crippen LogP contribution in [0, 0.1) is 6.92 Å². The molecule has 1 aromatic heterocycles. The second-order valence-electron chi connectivity index (χ2n) is 3.64. The van der Waals surface area contributed by atoms with Crippen molar-refractivity contribution in [1.29, 1.82) is 0 Å². The third kappa shape index (κ3) is 2.17. The van der Waals surface area contributed by atoms with Gasteiger partial charge in [0.25, 0.3) is 0 Å². The Morgan fingerprint density at radius 2 is 2.12 bits per heavy atom. The molecule has 0 aliphatic heterocycles. The van der Waals surface area contributed by atoms with Crippen LogP contribution >= 0.6 is 11.3 Å². The van der Waals surface area contributed by atoms with Crippen LogP contribution in [0.25, 0.3) is 10.4 Å². The van der Waals surface area contributed by atoms with Gasteiger partial charge in [-0.3, -0.25) is 4.79 Å². The first kappa shape index (κ1) is 11.7. The average Bonchev–Trinajstić information content (AvgIpc) is 2.76. The summed E-state index contributed by atoms with van der Waals surface area (Å²) in [6, 6.07) is 7.39. The van der Waals surface area contributed by atoms with E-state index >= 15 is 0 Å². The van der Waals surface area contributed by atoms with Gasteiger partial charge in [-0.1, -0.05) is 0 Å². The quantitative estimate of drug-likeness (QED) is 0.848. The van der Waals surface area contributed by atoms with Gasteiger partial charge in [-0.25, -0.2) is 0 Å². The van der Waals surface area contributed by atoms with Gasteiger partial charge in [0.05, 0.1) is 12.7 Å². The molecule has 2 aromatic rings. The molecule has 0 aliphatic carbocycles. The van der Waals surface area contributed by atoms with Crippen molar-refractivity contribution in [3.63, 3.8) is 0 Å². The van der Waals surface area contributed by atoms with Crippen LogP contribution in [0.1, 0.15) is 15.2 Å². The zero-order valence-electron chi connectivity index (χ0n) is 9.56. The van der Waals surface area contributed by atoms with Crippen LogP contribution in [0.15, 0.2) is 24.3 Å². The Labute approximate surface area is 103 Å². The van der Waals surface area contributed by atoms with E-state index in [-0.39, 0.29) is 11.3 Å². The molecule has 1 N–H and O–H groups in total. The molecule has 0 unspecified atom stereocenters. The van der Waals surface area contributed by atoms with Crippen LogP contribution in [0.4, 0.5) is 0 Å². The highest BCUT2D eigenvalue weighted by molar-refractivity contribution is 7.15. The van der Waals surface area contributed by atoms with Gasteiger partial charge in [-0.15, -0.1) is 11.3 Å². The number of ether oxygens (including phenoxy) is 1. The lowest BCUT2D eigenvalue weighted by Crippen LogP contribution is -1.89. The van der Waals surface area contributed by atoms with Gasteiger partial charge in [0.1, 0.15) is 0 Å². The summed E-state index contributed by atoms with van der Waals surface area (Å²) in [5, 5.41) is 9.71. The normalized spacial score (nSPS) is 10.2. The highest BCUT2D eigenvalue weighted by Gasteiger charge is 2.11. The van der Waals surface area contributed by atoms with Crippen LogP contribution in [0.2, 0.25) is 0 Å². The molecule has 1 heterocycles. The number of thiophene rings is 1. The van der Waals surface area contributed by atoms with E-state index in [1.165, 1.54) is 12.0 Å². The zero-order valence-corrected chi connectivity index (χ0v) is 10.4. The number of hydrogen-bond acceptors (Lipinski definition) is 4. The molecule has 17 heavy (non-hydrogen) atoms. The highest BCUT2D eigenvalue weighted by Crippen LogP contribution is 2.36. The van der Waals surface area contributed by atoms with E-state index in [9.17, 15) is 9.90 Å². The molecule has 4 heteroatoms. The number of phenols is 1. The summed E-state index contributed by atoms with van der Waals surface area (Å²) in [5.41, 5.74) is 1.12. The second kappa shape index (κ2) is 4.59. The van der Waals surface area contributed by atoms with Gasteiger partial charge in [0.15, 0.2) is 17.8 Å². The molecule has 0 atom stereocenters. The molecule has 0 bridgehead atoms. The molecule has 0 spiro atoms. The Morgan fingerprint density at radius 3 is 2.65 bits per heavy atom. The maximum absolute atomic E-state index is 10.9. The minimum absolute atomic E-state index is 0.112. The maximum atomic E-state index is 10.9. The van der Waals surface area contributed by atoms with E-state index < -0.39 is 0 Å². The van der Waals surface area contributed by atoms with Crippen molar-refractivity contribution in [1.82, 2.24) is 0 Å². The molecule has 2 rings (SSSR count). The van der Waals surface area contributed by atoms with Crippen molar-refractivity contribution in [3.8, 4) is 21.9 Å². The number of hydrogen-bond donors (Lipinski definition) is 1. The van der Waals surface area contributed by atoms with Crippen molar-refractivity contribution in [3.05, 3.63) is 34.7 Å². The largest absolute Gasteiger partial charge is 0.504 e. The number of carbonyl (C=O) groups excluding carboxylic acids is 1. The number of aldehydes is 1. The minimum atomic E-state index is -0.112. The molecule has 0 saturated carbocycles. The van der Waals surface area contributed by atoms with Crippen molar-refractivity contribution >= 4 is 17.6 Å². The van der Waals surface area contributed by atoms with Gasteiger partial charge in [0.2, 0.25) is 0 Å². The van der Waals surface area contributed by atoms with Crippen LogP contribution in [-0.4, -0.2) is 18.5 Å². The average molecular weight is 248 g/mol. The van der Waals surface area contributed by atoms with Crippen LogP contribution in [-0.2, 0) is 0 Å². The Hall–Kier alpha value is -1.81. The van der Waals surface area contributed by atoms with Crippen LogP contribution in [0.3, 0.4) is 0 Å². The smallest absolute Gasteiger partial charge is 0.168 e. The van der Waals surface area contributed by atoms with E-state index in [0.29, 0.717) is 12.0 Å². The third-order valence-electron chi connectivity index (χ3n) is 2.48. The maximum Gasteiger partial charge on any atom is 0.168 e. The predicted octanol–water partition coefficient (Wildman–Crippen LogP) is 3.25. The van der Waals surface area contributed by atoms with Crippen molar-refractivity contribution in [2.75, 3.05) is 7.11 Å². The summed E-state index contributed by atoms with van der Waals surface area (Å²) in [7, 11) is 1.47. The number of phenolic OH excluding ortho intramolecular Hbond substituents is 1. The Bertz CT molecular complexity index is 558. The molecule has 0 radical (unpaired) electrons. The number of aromatic hydroxyl groups is 1. The van der Waals surface area contributed by atoms with Crippen LogP contribution < -0.4 is 4.74 Å². The molecule has 0 saturated heterocycles. The van der Waals surface area contributed by atoms with Crippen molar-refractivity contribution in [2.24, 2.45) is 0 Å². The first-order valence-electron chi connectivity index (χ1n) is 5.08. The van der Waals surface area contributed by atoms with Crippen molar-refractivity contribution < 1.29 is 14.6 Å². The van der Waals surface area contributed by atoms with E-state index in [1.807, 2.05) is 19.1 Å². The fourth-order valence-corrected chi connectivity index (χ4v) is 2.46. The Morgan fingerprint density at radius 1 is 1.35 bits per heavy atom. The number of methoxy groups -OCH3 is 1. The molecule has 0 aliphatic rings. The zero-order chi connectivity index (χ0) is 12.4. The molecule has 88 valence electrons. The van der Waals surface area contributed by atoms with Gasteiger partial charge in [-0.05, 0) is 36.8 Å². The molecular weight excluding hydrogens is 236 g/mol. The molecule has 0 fully saturated rings. The lowest BCUT2D eigenvalue weighted by Gasteiger charge is -2.07. The van der Waals surface area contributed by atoms with Gasteiger partial charge < -0.3 is 9.84 Å². The van der Waals surface area contributed by atoms with Crippen LogP contribution in [0.5, 0.6) is 11.5 Å². The Balaban J connectivity index is 2.59. The minimum Gasteiger partial charge on any atom is -0.504 e. The third-order valence-corrected chi connectivity index (χ3v) is 3.53. The lowest BCUT2D eigenvalue weighted by atomic mass is 10.1.